The number of thioether (sulfide) groups is 1. The molecule has 1 aromatic heterocycles. The second-order valence-electron chi connectivity index (χ2n) is 4.44. The fourth-order valence-corrected chi connectivity index (χ4v) is 3.06. The summed E-state index contributed by atoms with van der Waals surface area (Å²) in [7, 11) is 1.99. The van der Waals surface area contributed by atoms with Crippen LogP contribution in [-0.4, -0.2) is 19.4 Å². The lowest BCUT2D eigenvalue weighted by molar-refractivity contribution is 0.340. The van der Waals surface area contributed by atoms with E-state index in [0.717, 1.165) is 23.0 Å². The molecule has 0 saturated heterocycles. The molecular formula is C16H21NO2S. The van der Waals surface area contributed by atoms with Gasteiger partial charge in [0.15, 0.2) is 0 Å². The maximum atomic E-state index is 5.47. The van der Waals surface area contributed by atoms with Crippen molar-refractivity contribution in [2.75, 3.05) is 19.4 Å². The fraction of sp³-hybridized carbons (Fsp3) is 0.375. The van der Waals surface area contributed by atoms with Gasteiger partial charge < -0.3 is 14.5 Å². The van der Waals surface area contributed by atoms with E-state index in [4.69, 9.17) is 9.15 Å². The predicted octanol–water partition coefficient (Wildman–Crippen LogP) is 3.87. The zero-order valence-electron chi connectivity index (χ0n) is 12.0. The van der Waals surface area contributed by atoms with Crippen molar-refractivity contribution in [2.24, 2.45) is 0 Å². The van der Waals surface area contributed by atoms with Crippen LogP contribution < -0.4 is 10.1 Å². The minimum atomic E-state index is 0.339. The third kappa shape index (κ3) is 4.32. The number of benzene rings is 1. The third-order valence-electron chi connectivity index (χ3n) is 3.05. The first-order valence-electron chi connectivity index (χ1n) is 6.83. The molecule has 0 bridgehead atoms. The molecule has 1 N–H and O–H groups in total. The fourth-order valence-electron chi connectivity index (χ4n) is 1.98. The van der Waals surface area contributed by atoms with E-state index in [0.29, 0.717) is 12.6 Å². The van der Waals surface area contributed by atoms with Crippen molar-refractivity contribution in [2.45, 2.75) is 18.7 Å². The third-order valence-corrected chi connectivity index (χ3v) is 4.11. The van der Waals surface area contributed by atoms with E-state index >= 15 is 0 Å². The topological polar surface area (TPSA) is 34.4 Å². The molecule has 0 spiro atoms. The summed E-state index contributed by atoms with van der Waals surface area (Å²) in [5.41, 5.74) is 1.28. The van der Waals surface area contributed by atoms with Crippen molar-refractivity contribution in [3.63, 3.8) is 0 Å². The van der Waals surface area contributed by atoms with Gasteiger partial charge in [-0.2, -0.15) is 11.8 Å². The van der Waals surface area contributed by atoms with Gasteiger partial charge in [-0.05, 0) is 43.8 Å². The minimum Gasteiger partial charge on any atom is -0.494 e. The molecule has 2 rings (SSSR count). The Balaban J connectivity index is 1.87. The Morgan fingerprint density at radius 1 is 1.25 bits per heavy atom. The van der Waals surface area contributed by atoms with Gasteiger partial charge >= 0.3 is 0 Å². The Kier molecular flexibility index (Phi) is 6.02. The summed E-state index contributed by atoms with van der Waals surface area (Å²) in [6.07, 6.45) is 1.72. The van der Waals surface area contributed by atoms with E-state index in [2.05, 4.69) is 17.4 Å². The molecule has 0 radical (unpaired) electrons. The Bertz CT molecular complexity index is 482. The normalized spacial score (nSPS) is 12.3. The van der Waals surface area contributed by atoms with Crippen molar-refractivity contribution in [1.29, 1.82) is 0 Å². The highest BCUT2D eigenvalue weighted by molar-refractivity contribution is 7.98. The van der Waals surface area contributed by atoms with Gasteiger partial charge in [-0.3, -0.25) is 0 Å². The van der Waals surface area contributed by atoms with Crippen LogP contribution in [0.15, 0.2) is 47.1 Å². The molecule has 0 fully saturated rings. The van der Waals surface area contributed by atoms with Crippen LogP contribution in [0.1, 0.15) is 24.3 Å². The van der Waals surface area contributed by atoms with Gasteiger partial charge in [-0.25, -0.2) is 0 Å². The molecule has 0 amide bonds. The van der Waals surface area contributed by atoms with Crippen LogP contribution in [0, 0.1) is 0 Å². The average Bonchev–Trinajstić information content (AvgIpc) is 2.98. The summed E-state index contributed by atoms with van der Waals surface area (Å²) in [4.78, 5) is 0. The molecule has 108 valence electrons. The number of furan rings is 1. The molecule has 3 nitrogen and oxygen atoms in total. The van der Waals surface area contributed by atoms with Gasteiger partial charge in [0.05, 0.1) is 18.6 Å². The molecule has 0 aliphatic heterocycles. The van der Waals surface area contributed by atoms with Crippen LogP contribution in [0.2, 0.25) is 0 Å². The number of nitrogens with one attached hydrogen (secondary N) is 1. The zero-order valence-corrected chi connectivity index (χ0v) is 12.8. The molecule has 0 aliphatic carbocycles. The summed E-state index contributed by atoms with van der Waals surface area (Å²) in [5.74, 6) is 3.86. The Morgan fingerprint density at radius 2 is 2.05 bits per heavy atom. The molecule has 1 atom stereocenters. The number of ether oxygens (including phenoxy) is 1. The summed E-state index contributed by atoms with van der Waals surface area (Å²) in [5, 5.41) is 3.36. The van der Waals surface area contributed by atoms with Crippen LogP contribution in [0.5, 0.6) is 5.75 Å². The molecule has 2 aromatic rings. The van der Waals surface area contributed by atoms with Crippen LogP contribution in [-0.2, 0) is 5.75 Å². The first-order chi connectivity index (χ1) is 9.83. The number of hydrogen-bond acceptors (Lipinski definition) is 4. The van der Waals surface area contributed by atoms with Crippen LogP contribution in [0.3, 0.4) is 0 Å². The van der Waals surface area contributed by atoms with E-state index in [1.165, 1.54) is 5.56 Å². The highest BCUT2D eigenvalue weighted by Crippen LogP contribution is 2.23. The summed E-state index contributed by atoms with van der Waals surface area (Å²) < 4.78 is 10.8. The van der Waals surface area contributed by atoms with Gasteiger partial charge in [0, 0.05) is 11.8 Å². The van der Waals surface area contributed by atoms with Crippen molar-refractivity contribution < 1.29 is 9.15 Å². The monoisotopic (exact) mass is 291 g/mol. The first-order valence-corrected chi connectivity index (χ1v) is 7.99. The number of hydrogen-bond donors (Lipinski definition) is 1. The molecule has 1 aromatic carbocycles. The van der Waals surface area contributed by atoms with Gasteiger partial charge in [0.1, 0.15) is 11.5 Å². The lowest BCUT2D eigenvalue weighted by Gasteiger charge is -2.16. The lowest BCUT2D eigenvalue weighted by atomic mass is 10.1. The molecule has 20 heavy (non-hydrogen) atoms. The Morgan fingerprint density at radius 3 is 2.65 bits per heavy atom. The maximum Gasteiger partial charge on any atom is 0.119 e. The van der Waals surface area contributed by atoms with Gasteiger partial charge in [-0.15, -0.1) is 0 Å². The minimum absolute atomic E-state index is 0.339. The van der Waals surface area contributed by atoms with Crippen LogP contribution in [0.25, 0.3) is 0 Å². The van der Waals surface area contributed by atoms with Crippen molar-refractivity contribution >= 4 is 11.8 Å². The van der Waals surface area contributed by atoms with Gasteiger partial charge in [0.2, 0.25) is 0 Å². The molecule has 4 heteroatoms. The van der Waals surface area contributed by atoms with Gasteiger partial charge in [0.25, 0.3) is 0 Å². The maximum absolute atomic E-state index is 5.47. The van der Waals surface area contributed by atoms with Crippen LogP contribution in [0.4, 0.5) is 0 Å². The SMILES string of the molecule is CCOc1ccc(C(CSCc2ccco2)NC)cc1. The Labute approximate surface area is 124 Å². The molecule has 0 saturated carbocycles. The van der Waals surface area contributed by atoms with E-state index in [9.17, 15) is 0 Å². The second-order valence-corrected chi connectivity index (χ2v) is 5.47. The molecule has 1 unspecified atom stereocenters. The van der Waals surface area contributed by atoms with Gasteiger partial charge in [-0.1, -0.05) is 12.1 Å². The lowest BCUT2D eigenvalue weighted by Crippen LogP contribution is -2.18. The van der Waals surface area contributed by atoms with E-state index in [1.807, 2.05) is 50.0 Å². The highest BCUT2D eigenvalue weighted by atomic mass is 32.2. The average molecular weight is 291 g/mol. The van der Waals surface area contributed by atoms with Crippen LogP contribution >= 0.6 is 11.8 Å². The second kappa shape index (κ2) is 8.02. The summed E-state index contributed by atoms with van der Waals surface area (Å²) in [6.45, 7) is 2.70. The zero-order chi connectivity index (χ0) is 14.2. The van der Waals surface area contributed by atoms with Crippen molar-refractivity contribution in [1.82, 2.24) is 5.32 Å². The quantitative estimate of drug-likeness (QED) is 0.800. The number of rotatable bonds is 8. The van der Waals surface area contributed by atoms with Crippen molar-refractivity contribution in [3.05, 3.63) is 54.0 Å². The smallest absolute Gasteiger partial charge is 0.119 e. The van der Waals surface area contributed by atoms with Crippen molar-refractivity contribution in [3.8, 4) is 5.75 Å². The molecule has 0 aliphatic rings. The standard InChI is InChI=1S/C16H21NO2S/c1-3-18-14-8-6-13(7-9-14)16(17-2)12-20-11-15-5-4-10-19-15/h4-10,16-17H,3,11-12H2,1-2H3. The largest absolute Gasteiger partial charge is 0.494 e. The van der Waals surface area contributed by atoms with E-state index in [-0.39, 0.29) is 0 Å². The summed E-state index contributed by atoms with van der Waals surface area (Å²) in [6, 6.07) is 12.6. The first kappa shape index (κ1) is 15.0. The highest BCUT2D eigenvalue weighted by Gasteiger charge is 2.10. The predicted molar refractivity (Wildman–Crippen MR) is 84.3 cm³/mol. The molecule has 1 heterocycles. The summed E-state index contributed by atoms with van der Waals surface area (Å²) >= 11 is 1.87. The Hall–Kier alpha value is -1.39. The van der Waals surface area contributed by atoms with E-state index < -0.39 is 0 Å². The van der Waals surface area contributed by atoms with E-state index in [1.54, 1.807) is 6.26 Å². The molecular weight excluding hydrogens is 270 g/mol.